The first kappa shape index (κ1) is 29.6. The molecule has 1 aromatic carbocycles. The molecular weight excluding hydrogens is 501 g/mol. The molecule has 7 N–H and O–H groups in total. The summed E-state index contributed by atoms with van der Waals surface area (Å²) in [6, 6.07) is 2.81. The fraction of sp³-hybridized carbons (Fsp3) is 0.455. The predicted octanol–water partition coefficient (Wildman–Crippen LogP) is -1.66. The van der Waals surface area contributed by atoms with E-state index < -0.39 is 47.8 Å². The van der Waals surface area contributed by atoms with E-state index in [-0.39, 0.29) is 17.4 Å². The van der Waals surface area contributed by atoms with E-state index >= 15 is 0 Å². The zero-order chi connectivity index (χ0) is 27.9. The summed E-state index contributed by atoms with van der Waals surface area (Å²) in [5.41, 5.74) is 0.357. The summed E-state index contributed by atoms with van der Waals surface area (Å²) in [6.07, 6.45) is -8.62. The summed E-state index contributed by atoms with van der Waals surface area (Å²) in [5, 5.41) is 55.2. The maximum Gasteiger partial charge on any atom is 0.511 e. The standard InChI is InChI=1S/C16H18FN3O4.C6H10O7/c1-2-19-9-14(24-16(22)23)15(21)10-7-11(17)13(8-12(10)19)20-5-3-18-4-6-20;7-1-2(8)3(9)4(10)5(11)6(12)13/h7-9,18H,2-6H2,1H3,(H,22,23);1-5,8-11H,(H,12,13)/t;2-,3+,4+,5-/m.0/s1. The number of fused-ring (bicyclic) bond motifs is 1. The molecule has 0 amide bonds. The lowest BCUT2D eigenvalue weighted by atomic mass is 10.0. The van der Waals surface area contributed by atoms with Crippen LogP contribution in [0.15, 0.2) is 23.1 Å². The zero-order valence-electron chi connectivity index (χ0n) is 19.7. The normalized spacial score (nSPS) is 16.6. The molecule has 1 aliphatic heterocycles. The maximum atomic E-state index is 14.5. The summed E-state index contributed by atoms with van der Waals surface area (Å²) in [6.45, 7) is 5.23. The summed E-state index contributed by atoms with van der Waals surface area (Å²) in [5.74, 6) is -2.59. The minimum Gasteiger partial charge on any atom is -0.479 e. The fourth-order valence-corrected chi connectivity index (χ4v) is 3.56. The predicted molar refractivity (Wildman–Crippen MR) is 125 cm³/mol. The lowest BCUT2D eigenvalue weighted by molar-refractivity contribution is -0.163. The monoisotopic (exact) mass is 529 g/mol. The van der Waals surface area contributed by atoms with Gasteiger partial charge >= 0.3 is 12.1 Å². The van der Waals surface area contributed by atoms with E-state index in [9.17, 15) is 23.6 Å². The SMILES string of the molecule is CCn1cc(OC(=O)O)c(=O)c2cc(F)c(N3CCNCC3)cc21.O=C[C@H](O)[C@@H](O)[C@@H](O)[C@H](O)C(=O)O. The third kappa shape index (κ3) is 7.21. The number of hydrogen-bond donors (Lipinski definition) is 7. The molecule has 0 aliphatic carbocycles. The number of pyridine rings is 1. The van der Waals surface area contributed by atoms with Crippen molar-refractivity contribution >= 4 is 35.0 Å². The third-order valence-electron chi connectivity index (χ3n) is 5.53. The van der Waals surface area contributed by atoms with Crippen LogP contribution in [0.2, 0.25) is 0 Å². The topological polar surface area (TPSA) is 219 Å². The first-order valence-corrected chi connectivity index (χ1v) is 11.1. The Bertz CT molecular complexity index is 1180. The second-order valence-electron chi connectivity index (χ2n) is 7.93. The molecule has 0 unspecified atom stereocenters. The highest BCUT2D eigenvalue weighted by molar-refractivity contribution is 5.85. The molecule has 14 nitrogen and oxygen atoms in total. The molecule has 1 fully saturated rings. The fourth-order valence-electron chi connectivity index (χ4n) is 3.56. The largest absolute Gasteiger partial charge is 0.511 e. The quantitative estimate of drug-likeness (QED) is 0.151. The van der Waals surface area contributed by atoms with E-state index in [1.54, 1.807) is 10.6 Å². The molecule has 1 aliphatic rings. The Balaban J connectivity index is 0.000000317. The number of aromatic nitrogens is 1. The molecule has 0 saturated carbocycles. The number of carbonyl (C=O) groups excluding carboxylic acids is 1. The molecule has 15 heteroatoms. The molecule has 37 heavy (non-hydrogen) atoms. The van der Waals surface area contributed by atoms with Gasteiger partial charge in [0.2, 0.25) is 5.43 Å². The Morgan fingerprint density at radius 2 is 1.76 bits per heavy atom. The number of piperazine rings is 1. The molecule has 1 aromatic heterocycles. The van der Waals surface area contributed by atoms with Gasteiger partial charge in [0.15, 0.2) is 18.1 Å². The Kier molecular flexibility index (Phi) is 10.5. The Hall–Kier alpha value is -3.63. The molecule has 0 spiro atoms. The van der Waals surface area contributed by atoms with Crippen LogP contribution in [0.4, 0.5) is 14.9 Å². The number of anilines is 1. The molecule has 0 radical (unpaired) electrons. The van der Waals surface area contributed by atoms with Gasteiger partial charge in [-0.3, -0.25) is 4.79 Å². The highest BCUT2D eigenvalue weighted by atomic mass is 19.1. The number of aryl methyl sites for hydroxylation is 1. The summed E-state index contributed by atoms with van der Waals surface area (Å²) < 4.78 is 20.8. The van der Waals surface area contributed by atoms with E-state index in [2.05, 4.69) is 10.1 Å². The number of aliphatic hydroxyl groups is 4. The molecule has 3 rings (SSSR count). The summed E-state index contributed by atoms with van der Waals surface area (Å²) in [7, 11) is 0. The van der Waals surface area contributed by atoms with Gasteiger partial charge in [-0.2, -0.15) is 0 Å². The number of rotatable bonds is 8. The van der Waals surface area contributed by atoms with Gasteiger partial charge in [-0.1, -0.05) is 0 Å². The maximum absolute atomic E-state index is 14.5. The number of carbonyl (C=O) groups is 3. The molecule has 0 bridgehead atoms. The lowest BCUT2D eigenvalue weighted by Crippen LogP contribution is -2.48. The Labute approximate surface area is 208 Å². The van der Waals surface area contributed by atoms with Gasteiger partial charge in [0.05, 0.1) is 22.8 Å². The molecular formula is C22H28FN3O11. The summed E-state index contributed by atoms with van der Waals surface area (Å²) in [4.78, 5) is 45.0. The van der Waals surface area contributed by atoms with Crippen LogP contribution in [0.3, 0.4) is 0 Å². The van der Waals surface area contributed by atoms with Crippen LogP contribution in [0, 0.1) is 5.82 Å². The van der Waals surface area contributed by atoms with Gasteiger partial charge < -0.3 is 55.0 Å². The van der Waals surface area contributed by atoms with Crippen molar-refractivity contribution < 1.29 is 54.2 Å². The van der Waals surface area contributed by atoms with Crippen molar-refractivity contribution in [3.8, 4) is 5.75 Å². The van der Waals surface area contributed by atoms with Crippen molar-refractivity contribution in [2.45, 2.75) is 37.9 Å². The minimum atomic E-state index is -2.25. The van der Waals surface area contributed by atoms with E-state index in [1.807, 2.05) is 11.8 Å². The minimum absolute atomic E-state index is 0.0809. The van der Waals surface area contributed by atoms with Gasteiger partial charge in [0, 0.05) is 32.7 Å². The third-order valence-corrected chi connectivity index (χ3v) is 5.53. The molecule has 1 saturated heterocycles. The lowest BCUT2D eigenvalue weighted by Gasteiger charge is -2.30. The van der Waals surface area contributed by atoms with Crippen molar-refractivity contribution in [3.63, 3.8) is 0 Å². The number of halogens is 1. The summed E-state index contributed by atoms with van der Waals surface area (Å²) >= 11 is 0. The second-order valence-corrected chi connectivity index (χ2v) is 7.93. The average molecular weight is 529 g/mol. The Morgan fingerprint density at radius 3 is 2.27 bits per heavy atom. The number of nitrogens with zero attached hydrogens (tertiary/aromatic N) is 2. The number of aliphatic carboxylic acids is 1. The van der Waals surface area contributed by atoms with Gasteiger partial charge in [-0.05, 0) is 19.1 Å². The number of carboxylic acid groups (broad SMARTS) is 2. The van der Waals surface area contributed by atoms with Crippen molar-refractivity contribution in [2.75, 3.05) is 31.1 Å². The highest BCUT2D eigenvalue weighted by Gasteiger charge is 2.34. The zero-order valence-corrected chi connectivity index (χ0v) is 19.7. The Morgan fingerprint density at radius 1 is 1.14 bits per heavy atom. The molecule has 2 heterocycles. The van der Waals surface area contributed by atoms with Crippen LogP contribution in [-0.4, -0.2) is 104 Å². The van der Waals surface area contributed by atoms with Crippen LogP contribution >= 0.6 is 0 Å². The number of benzene rings is 1. The van der Waals surface area contributed by atoms with Gasteiger partial charge in [-0.15, -0.1) is 0 Å². The number of hydrogen-bond acceptors (Lipinski definition) is 11. The second kappa shape index (κ2) is 13.1. The number of nitrogens with one attached hydrogen (secondary N) is 1. The van der Waals surface area contributed by atoms with Crippen molar-refractivity contribution in [3.05, 3.63) is 34.4 Å². The molecule has 4 atom stereocenters. The number of aliphatic hydroxyl groups excluding tert-OH is 4. The van der Waals surface area contributed by atoms with Crippen molar-refractivity contribution in [1.29, 1.82) is 0 Å². The van der Waals surface area contributed by atoms with E-state index in [1.165, 1.54) is 6.20 Å². The molecule has 204 valence electrons. The number of ether oxygens (including phenoxy) is 1. The first-order chi connectivity index (χ1) is 17.4. The first-order valence-electron chi connectivity index (χ1n) is 11.1. The van der Waals surface area contributed by atoms with Crippen molar-refractivity contribution in [1.82, 2.24) is 9.88 Å². The van der Waals surface area contributed by atoms with E-state index in [0.717, 1.165) is 19.2 Å². The van der Waals surface area contributed by atoms with Gasteiger partial charge in [0.1, 0.15) is 24.1 Å². The van der Waals surface area contributed by atoms with Crippen LogP contribution in [0.1, 0.15) is 6.92 Å². The van der Waals surface area contributed by atoms with Gasteiger partial charge in [-0.25, -0.2) is 14.0 Å². The van der Waals surface area contributed by atoms with Crippen LogP contribution in [0.25, 0.3) is 10.9 Å². The van der Waals surface area contributed by atoms with Crippen LogP contribution in [0.5, 0.6) is 5.75 Å². The highest BCUT2D eigenvalue weighted by Crippen LogP contribution is 2.26. The average Bonchev–Trinajstić information content (AvgIpc) is 2.88. The number of carboxylic acids is 1. The van der Waals surface area contributed by atoms with Crippen LogP contribution < -0.4 is 20.4 Å². The smallest absolute Gasteiger partial charge is 0.479 e. The number of aldehydes is 1. The molecule has 2 aromatic rings. The van der Waals surface area contributed by atoms with Gasteiger partial charge in [0.25, 0.3) is 0 Å². The van der Waals surface area contributed by atoms with E-state index in [0.29, 0.717) is 30.8 Å². The van der Waals surface area contributed by atoms with Crippen LogP contribution in [-0.2, 0) is 16.1 Å². The van der Waals surface area contributed by atoms with Crippen molar-refractivity contribution in [2.24, 2.45) is 0 Å². The van der Waals surface area contributed by atoms with E-state index in [4.69, 9.17) is 30.6 Å².